The third kappa shape index (κ3) is 4.41. The van der Waals surface area contributed by atoms with Gasteiger partial charge in [0.25, 0.3) is 0 Å². The summed E-state index contributed by atoms with van der Waals surface area (Å²) in [5.41, 5.74) is 1.90. The molecule has 0 saturated carbocycles. The Hall–Kier alpha value is -2.26. The van der Waals surface area contributed by atoms with E-state index >= 15 is 0 Å². The summed E-state index contributed by atoms with van der Waals surface area (Å²) in [4.78, 5) is 25.9. The normalized spacial score (nSPS) is 21.1. The molecular weight excluding hydrogens is 372 g/mol. The number of benzene rings is 1. The van der Waals surface area contributed by atoms with E-state index in [1.54, 1.807) is 18.7 Å². The first-order valence-electron chi connectivity index (χ1n) is 9.49. The van der Waals surface area contributed by atoms with Gasteiger partial charge in [0.1, 0.15) is 11.3 Å². The molecule has 1 saturated heterocycles. The van der Waals surface area contributed by atoms with Crippen LogP contribution in [-0.4, -0.2) is 35.0 Å². The van der Waals surface area contributed by atoms with Gasteiger partial charge in [-0.2, -0.15) is 5.26 Å². The van der Waals surface area contributed by atoms with E-state index in [9.17, 15) is 14.9 Å². The maximum Gasteiger partial charge on any atom is 0.308 e. The first kappa shape index (κ1) is 22.0. The maximum absolute atomic E-state index is 11.9. The topological polar surface area (TPSA) is 70.4 Å². The van der Waals surface area contributed by atoms with Crippen LogP contribution >= 0.6 is 11.8 Å². The minimum atomic E-state index is -0.956. The number of carbonyl (C=O) groups is 2. The molecule has 5 nitrogen and oxygen atoms in total. The van der Waals surface area contributed by atoms with Gasteiger partial charge in [0, 0.05) is 24.1 Å². The summed E-state index contributed by atoms with van der Waals surface area (Å²) in [7, 11) is 0. The van der Waals surface area contributed by atoms with Gasteiger partial charge in [-0.05, 0) is 53.7 Å². The van der Waals surface area contributed by atoms with Crippen LogP contribution in [0.1, 0.15) is 70.1 Å². The van der Waals surface area contributed by atoms with Crippen molar-refractivity contribution in [3.63, 3.8) is 0 Å². The molecule has 1 heterocycles. The van der Waals surface area contributed by atoms with Crippen LogP contribution in [0.4, 0.5) is 0 Å². The molecule has 0 radical (unpaired) electrons. The molecule has 0 amide bonds. The highest BCUT2D eigenvalue weighted by Gasteiger charge is 2.39. The molecule has 1 atom stereocenters. The van der Waals surface area contributed by atoms with Crippen molar-refractivity contribution in [1.29, 1.82) is 5.26 Å². The second-order valence-electron chi connectivity index (χ2n) is 7.81. The van der Waals surface area contributed by atoms with Crippen molar-refractivity contribution >= 4 is 30.1 Å². The van der Waals surface area contributed by atoms with E-state index in [1.165, 1.54) is 11.8 Å². The van der Waals surface area contributed by atoms with Crippen LogP contribution in [0, 0.1) is 11.5 Å². The monoisotopic (exact) mass is 400 g/mol. The van der Waals surface area contributed by atoms with Gasteiger partial charge in [-0.1, -0.05) is 27.7 Å². The molecular formula is C22H28N2O3S. The van der Waals surface area contributed by atoms with Crippen molar-refractivity contribution in [2.75, 3.05) is 12.3 Å². The Balaban J connectivity index is 2.65. The average molecular weight is 401 g/mol. The van der Waals surface area contributed by atoms with Gasteiger partial charge < -0.3 is 9.53 Å². The summed E-state index contributed by atoms with van der Waals surface area (Å²) in [6.45, 7) is 12.0. The Morgan fingerprint density at radius 2 is 1.86 bits per heavy atom. The summed E-state index contributed by atoms with van der Waals surface area (Å²) in [5, 5.41) is 9.43. The highest BCUT2D eigenvalue weighted by Crippen LogP contribution is 2.40. The van der Waals surface area contributed by atoms with Gasteiger partial charge in [-0.25, -0.2) is 0 Å². The fraction of sp³-hybridized carbons (Fsp3) is 0.500. The van der Waals surface area contributed by atoms with Crippen molar-refractivity contribution in [3.8, 4) is 11.9 Å². The van der Waals surface area contributed by atoms with Crippen molar-refractivity contribution in [2.24, 2.45) is 0 Å². The number of nitrogens with zero attached hydrogens (tertiary/aromatic N) is 2. The molecule has 1 unspecified atom stereocenters. The SMILES string of the molecule is CC(=O)Oc1c(C(C)C)cc(C=C2SCCN(C#N)C2(C)C=O)cc1C(C)C. The van der Waals surface area contributed by atoms with Crippen molar-refractivity contribution < 1.29 is 14.3 Å². The molecule has 6 heteroatoms. The van der Waals surface area contributed by atoms with Gasteiger partial charge in [-0.3, -0.25) is 9.69 Å². The molecule has 0 N–H and O–H groups in total. The lowest BCUT2D eigenvalue weighted by atomic mass is 9.90. The summed E-state index contributed by atoms with van der Waals surface area (Å²) in [6.07, 6.45) is 4.97. The molecule has 28 heavy (non-hydrogen) atoms. The number of hydrogen-bond donors (Lipinski definition) is 0. The highest BCUT2D eigenvalue weighted by atomic mass is 32.2. The van der Waals surface area contributed by atoms with Crippen LogP contribution in [0.5, 0.6) is 5.75 Å². The molecule has 0 spiro atoms. The molecule has 1 aliphatic rings. The second kappa shape index (κ2) is 8.83. The Morgan fingerprint density at radius 3 is 2.29 bits per heavy atom. The van der Waals surface area contributed by atoms with Crippen LogP contribution < -0.4 is 4.74 Å². The summed E-state index contributed by atoms with van der Waals surface area (Å²) < 4.78 is 5.57. The fourth-order valence-electron chi connectivity index (χ4n) is 3.27. The smallest absolute Gasteiger partial charge is 0.308 e. The minimum absolute atomic E-state index is 0.164. The molecule has 1 aliphatic heterocycles. The van der Waals surface area contributed by atoms with E-state index in [0.29, 0.717) is 12.3 Å². The molecule has 1 aromatic carbocycles. The van der Waals surface area contributed by atoms with E-state index in [4.69, 9.17) is 4.74 Å². The third-order valence-corrected chi connectivity index (χ3v) is 6.17. The zero-order valence-electron chi connectivity index (χ0n) is 17.4. The lowest BCUT2D eigenvalue weighted by Crippen LogP contribution is -2.49. The zero-order valence-corrected chi connectivity index (χ0v) is 18.2. The lowest BCUT2D eigenvalue weighted by Gasteiger charge is -2.38. The van der Waals surface area contributed by atoms with Crippen LogP contribution in [-0.2, 0) is 9.59 Å². The van der Waals surface area contributed by atoms with E-state index in [1.807, 2.05) is 18.2 Å². The van der Waals surface area contributed by atoms with Crippen LogP contribution in [0.15, 0.2) is 17.0 Å². The Bertz CT molecular complexity index is 810. The van der Waals surface area contributed by atoms with Crippen LogP contribution in [0.2, 0.25) is 0 Å². The quantitative estimate of drug-likeness (QED) is 0.309. The Labute approximate surface area is 171 Å². The standard InChI is InChI=1S/C22H28N2O3S/c1-14(2)18-9-17(10-19(15(3)4)21(18)27-16(5)26)11-20-22(6,12-25)24(13-23)7-8-28-20/h9-12,14-15H,7-8H2,1-6H3. The third-order valence-electron chi connectivity index (χ3n) is 4.94. The number of aldehydes is 1. The number of hydrogen-bond acceptors (Lipinski definition) is 6. The van der Waals surface area contributed by atoms with Gasteiger partial charge in [0.15, 0.2) is 12.5 Å². The number of thioether (sulfide) groups is 1. The average Bonchev–Trinajstić information content (AvgIpc) is 2.63. The summed E-state index contributed by atoms with van der Waals surface area (Å²) in [5.74, 6) is 1.38. The fourth-order valence-corrected chi connectivity index (χ4v) is 4.44. The molecule has 2 rings (SSSR count). The van der Waals surface area contributed by atoms with E-state index in [-0.39, 0.29) is 17.8 Å². The summed E-state index contributed by atoms with van der Waals surface area (Å²) >= 11 is 1.60. The van der Waals surface area contributed by atoms with Crippen LogP contribution in [0.25, 0.3) is 6.08 Å². The predicted molar refractivity (Wildman–Crippen MR) is 113 cm³/mol. The van der Waals surface area contributed by atoms with Gasteiger partial charge in [-0.15, -0.1) is 11.8 Å². The number of ether oxygens (including phenoxy) is 1. The molecule has 0 bridgehead atoms. The second-order valence-corrected chi connectivity index (χ2v) is 8.94. The number of esters is 1. The molecule has 1 fully saturated rings. The predicted octanol–water partition coefficient (Wildman–Crippen LogP) is 4.69. The van der Waals surface area contributed by atoms with E-state index in [0.717, 1.165) is 33.6 Å². The van der Waals surface area contributed by atoms with Crippen molar-refractivity contribution in [1.82, 2.24) is 4.90 Å². The van der Waals surface area contributed by atoms with Gasteiger partial charge >= 0.3 is 5.97 Å². The van der Waals surface area contributed by atoms with Crippen molar-refractivity contribution in [3.05, 3.63) is 33.7 Å². The summed E-state index contributed by atoms with van der Waals surface area (Å²) in [6, 6.07) is 4.03. The number of carbonyl (C=O) groups excluding carboxylic acids is 2. The zero-order chi connectivity index (χ0) is 21.1. The Morgan fingerprint density at radius 1 is 1.29 bits per heavy atom. The molecule has 0 aromatic heterocycles. The Kier molecular flexibility index (Phi) is 6.95. The lowest BCUT2D eigenvalue weighted by molar-refractivity contribution is -0.132. The molecule has 150 valence electrons. The number of nitriles is 1. The van der Waals surface area contributed by atoms with Crippen LogP contribution in [0.3, 0.4) is 0 Å². The minimum Gasteiger partial charge on any atom is -0.426 e. The first-order chi connectivity index (χ1) is 13.1. The van der Waals surface area contributed by atoms with Gasteiger partial charge in [0.2, 0.25) is 0 Å². The largest absolute Gasteiger partial charge is 0.426 e. The van der Waals surface area contributed by atoms with E-state index < -0.39 is 5.54 Å². The van der Waals surface area contributed by atoms with E-state index in [2.05, 4.69) is 33.9 Å². The maximum atomic E-state index is 11.9. The highest BCUT2D eigenvalue weighted by molar-refractivity contribution is 8.03. The van der Waals surface area contributed by atoms with Gasteiger partial charge in [0.05, 0.1) is 0 Å². The van der Waals surface area contributed by atoms with Crippen molar-refractivity contribution in [2.45, 2.75) is 58.9 Å². The number of rotatable bonds is 5. The molecule has 0 aliphatic carbocycles. The first-order valence-corrected chi connectivity index (χ1v) is 10.5. The molecule has 1 aromatic rings.